The Morgan fingerprint density at radius 3 is 2.63 bits per heavy atom. The molecule has 0 unspecified atom stereocenters. The van der Waals surface area contributed by atoms with Crippen molar-refractivity contribution in [2.24, 2.45) is 5.14 Å². The fourth-order valence-corrected chi connectivity index (χ4v) is 1.94. The van der Waals surface area contributed by atoms with Crippen molar-refractivity contribution in [1.29, 1.82) is 0 Å². The summed E-state index contributed by atoms with van der Waals surface area (Å²) in [6, 6.07) is 1.23. The lowest BCUT2D eigenvalue weighted by Gasteiger charge is -2.09. The second kappa shape index (κ2) is 5.76. The second-order valence-electron chi connectivity index (χ2n) is 3.44. The van der Waals surface area contributed by atoms with Gasteiger partial charge in [-0.15, -0.1) is 0 Å². The Bertz CT molecular complexity index is 627. The topological polar surface area (TPSA) is 113 Å². The quantitative estimate of drug-likeness (QED) is 0.499. The molecule has 2 N–H and O–H groups in total. The van der Waals surface area contributed by atoms with E-state index in [4.69, 9.17) is 9.88 Å². The number of benzene rings is 1. The molecule has 9 heteroatoms. The number of nitro benzene ring substituents is 1. The van der Waals surface area contributed by atoms with E-state index in [0.717, 1.165) is 0 Å². The van der Waals surface area contributed by atoms with Crippen LogP contribution in [0.4, 0.5) is 10.1 Å². The van der Waals surface area contributed by atoms with Gasteiger partial charge in [-0.2, -0.15) is 0 Å². The molecule has 0 spiro atoms. The van der Waals surface area contributed by atoms with Crippen molar-refractivity contribution in [1.82, 2.24) is 0 Å². The number of primary sulfonamides is 1. The van der Waals surface area contributed by atoms with Crippen LogP contribution < -0.4 is 9.88 Å². The zero-order chi connectivity index (χ0) is 14.6. The fraction of sp³-hybridized carbons (Fsp3) is 0.200. The normalized spacial score (nSPS) is 11.7. The minimum absolute atomic E-state index is 0.0895. The van der Waals surface area contributed by atoms with Gasteiger partial charge >= 0.3 is 0 Å². The van der Waals surface area contributed by atoms with Crippen molar-refractivity contribution < 1.29 is 22.5 Å². The van der Waals surface area contributed by atoms with E-state index in [-0.39, 0.29) is 6.61 Å². The summed E-state index contributed by atoms with van der Waals surface area (Å²) in [7, 11) is -4.34. The Labute approximate surface area is 108 Å². The highest BCUT2D eigenvalue weighted by atomic mass is 32.2. The van der Waals surface area contributed by atoms with E-state index in [9.17, 15) is 22.9 Å². The summed E-state index contributed by atoms with van der Waals surface area (Å²) in [5.41, 5.74) is -0.722. The van der Waals surface area contributed by atoms with E-state index in [2.05, 4.69) is 0 Å². The zero-order valence-electron chi connectivity index (χ0n) is 9.87. The van der Waals surface area contributed by atoms with Crippen molar-refractivity contribution >= 4 is 15.7 Å². The van der Waals surface area contributed by atoms with Gasteiger partial charge in [0.15, 0.2) is 11.6 Å². The zero-order valence-corrected chi connectivity index (χ0v) is 10.7. The van der Waals surface area contributed by atoms with Crippen LogP contribution in [0.15, 0.2) is 29.2 Å². The van der Waals surface area contributed by atoms with Gasteiger partial charge in [-0.25, -0.2) is 17.9 Å². The number of allylic oxidation sites excluding steroid dienone is 1. The van der Waals surface area contributed by atoms with Crippen molar-refractivity contribution in [2.75, 3.05) is 6.61 Å². The second-order valence-corrected chi connectivity index (χ2v) is 4.97. The molecule has 0 radical (unpaired) electrons. The third-order valence-corrected chi connectivity index (χ3v) is 2.99. The maximum atomic E-state index is 13.7. The predicted octanol–water partition coefficient (Wildman–Crippen LogP) is 1.34. The summed E-state index contributed by atoms with van der Waals surface area (Å²) in [6.45, 7) is 1.60. The molecule has 0 heterocycles. The summed E-state index contributed by atoms with van der Waals surface area (Å²) in [5.74, 6) is -1.80. The molecule has 0 aliphatic heterocycles. The number of non-ortho nitro benzene ring substituents is 1. The Kier molecular flexibility index (Phi) is 4.57. The summed E-state index contributed by atoms with van der Waals surface area (Å²) >= 11 is 0. The Balaban J connectivity index is 3.40. The van der Waals surface area contributed by atoms with E-state index in [0.29, 0.717) is 12.1 Å². The molecule has 1 rings (SSSR count). The Hall–Kier alpha value is -2.00. The largest absolute Gasteiger partial charge is 0.485 e. The minimum atomic E-state index is -4.34. The Morgan fingerprint density at radius 1 is 1.53 bits per heavy atom. The van der Waals surface area contributed by atoms with Crippen LogP contribution in [0, 0.1) is 15.9 Å². The maximum Gasteiger partial charge on any atom is 0.274 e. The summed E-state index contributed by atoms with van der Waals surface area (Å²) in [5, 5.41) is 15.4. The smallest absolute Gasteiger partial charge is 0.274 e. The third-order valence-electron chi connectivity index (χ3n) is 2.07. The van der Waals surface area contributed by atoms with Gasteiger partial charge in [0.2, 0.25) is 10.0 Å². The van der Waals surface area contributed by atoms with Crippen molar-refractivity contribution in [3.05, 3.63) is 40.2 Å². The first-order valence-electron chi connectivity index (χ1n) is 5.02. The number of hydrogen-bond donors (Lipinski definition) is 1. The molecule has 1 aromatic carbocycles. The van der Waals surface area contributed by atoms with Gasteiger partial charge in [0, 0.05) is 6.07 Å². The van der Waals surface area contributed by atoms with Crippen LogP contribution in [0.25, 0.3) is 0 Å². The molecular formula is C10H11FN2O5S. The van der Waals surface area contributed by atoms with Gasteiger partial charge in [-0.3, -0.25) is 10.1 Å². The SMILES string of the molecule is C/C=C/COc1c(F)cc([N+](=O)[O-])cc1S(N)(=O)=O. The van der Waals surface area contributed by atoms with Crippen LogP contribution in [0.1, 0.15) is 6.92 Å². The molecule has 0 aliphatic rings. The first-order chi connectivity index (χ1) is 8.77. The lowest BCUT2D eigenvalue weighted by Crippen LogP contribution is -2.15. The average molecular weight is 290 g/mol. The van der Waals surface area contributed by atoms with E-state index in [1.54, 1.807) is 13.0 Å². The molecule has 0 saturated carbocycles. The highest BCUT2D eigenvalue weighted by molar-refractivity contribution is 7.89. The standard InChI is InChI=1S/C10H11FN2O5S/c1-2-3-4-18-10-8(11)5-7(13(14)15)6-9(10)19(12,16)17/h2-3,5-6H,4H2,1H3,(H2,12,16,17)/b3-2+. The molecule has 0 atom stereocenters. The number of rotatable bonds is 5. The monoisotopic (exact) mass is 290 g/mol. The lowest BCUT2D eigenvalue weighted by atomic mass is 10.3. The van der Waals surface area contributed by atoms with Crippen LogP contribution >= 0.6 is 0 Å². The van der Waals surface area contributed by atoms with Crippen LogP contribution in [0.3, 0.4) is 0 Å². The van der Waals surface area contributed by atoms with E-state index >= 15 is 0 Å². The van der Waals surface area contributed by atoms with Gasteiger partial charge in [-0.05, 0) is 6.92 Å². The molecule has 0 saturated heterocycles. The number of hydrogen-bond acceptors (Lipinski definition) is 5. The summed E-state index contributed by atoms with van der Waals surface area (Å²) in [4.78, 5) is 8.87. The van der Waals surface area contributed by atoms with Crippen molar-refractivity contribution in [3.63, 3.8) is 0 Å². The molecule has 0 aliphatic carbocycles. The number of nitro groups is 1. The molecule has 1 aromatic rings. The average Bonchev–Trinajstić information content (AvgIpc) is 2.29. The molecule has 7 nitrogen and oxygen atoms in total. The molecule has 19 heavy (non-hydrogen) atoms. The number of ether oxygens (including phenoxy) is 1. The molecule has 0 fully saturated rings. The van der Waals surface area contributed by atoms with Crippen LogP contribution in [-0.4, -0.2) is 19.9 Å². The predicted molar refractivity (Wildman–Crippen MR) is 64.7 cm³/mol. The van der Waals surface area contributed by atoms with Crippen LogP contribution in [0.5, 0.6) is 5.75 Å². The molecular weight excluding hydrogens is 279 g/mol. The molecule has 0 aromatic heterocycles. The first kappa shape index (κ1) is 15.1. The lowest BCUT2D eigenvalue weighted by molar-refractivity contribution is -0.385. The third kappa shape index (κ3) is 3.73. The molecule has 0 bridgehead atoms. The van der Waals surface area contributed by atoms with E-state index in [1.807, 2.05) is 0 Å². The first-order valence-corrected chi connectivity index (χ1v) is 6.56. The highest BCUT2D eigenvalue weighted by Gasteiger charge is 2.24. The van der Waals surface area contributed by atoms with Gasteiger partial charge in [0.25, 0.3) is 5.69 Å². The summed E-state index contributed by atoms with van der Waals surface area (Å²) < 4.78 is 41.2. The van der Waals surface area contributed by atoms with Crippen molar-refractivity contribution in [2.45, 2.75) is 11.8 Å². The van der Waals surface area contributed by atoms with Crippen LogP contribution in [0.2, 0.25) is 0 Å². The summed E-state index contributed by atoms with van der Waals surface area (Å²) in [6.07, 6.45) is 3.12. The van der Waals surface area contributed by atoms with Gasteiger partial charge in [0.05, 0.1) is 11.0 Å². The molecule has 0 amide bonds. The van der Waals surface area contributed by atoms with Gasteiger partial charge < -0.3 is 4.74 Å². The number of nitrogens with zero attached hydrogens (tertiary/aromatic N) is 1. The van der Waals surface area contributed by atoms with E-state index in [1.165, 1.54) is 6.08 Å². The van der Waals surface area contributed by atoms with E-state index < -0.39 is 37.1 Å². The fourth-order valence-electron chi connectivity index (χ4n) is 1.24. The van der Waals surface area contributed by atoms with Crippen LogP contribution in [-0.2, 0) is 10.0 Å². The number of sulfonamides is 1. The minimum Gasteiger partial charge on any atom is -0.485 e. The number of halogens is 1. The number of nitrogens with two attached hydrogens (primary N) is 1. The molecule has 104 valence electrons. The van der Waals surface area contributed by atoms with Gasteiger partial charge in [-0.1, -0.05) is 12.2 Å². The Morgan fingerprint density at radius 2 is 2.16 bits per heavy atom. The highest BCUT2D eigenvalue weighted by Crippen LogP contribution is 2.31. The maximum absolute atomic E-state index is 13.7. The van der Waals surface area contributed by atoms with Crippen molar-refractivity contribution in [3.8, 4) is 5.75 Å². The van der Waals surface area contributed by atoms with Gasteiger partial charge in [0.1, 0.15) is 11.5 Å².